The van der Waals surface area contributed by atoms with Crippen molar-refractivity contribution in [3.8, 4) is 0 Å². The van der Waals surface area contributed by atoms with Crippen LogP contribution in [0.4, 0.5) is 0 Å². The Morgan fingerprint density at radius 3 is 1.54 bits per heavy atom. The third-order valence-electron chi connectivity index (χ3n) is 5.42. The molecular formula is C24H26N2. The summed E-state index contributed by atoms with van der Waals surface area (Å²) in [5, 5.41) is 3.60. The molecule has 2 nitrogen and oxygen atoms in total. The fourth-order valence-electron chi connectivity index (χ4n) is 4.32. The Morgan fingerprint density at radius 2 is 1.15 bits per heavy atom. The maximum absolute atomic E-state index is 3.60. The van der Waals surface area contributed by atoms with E-state index in [9.17, 15) is 0 Å². The molecule has 1 heterocycles. The molecule has 1 saturated heterocycles. The van der Waals surface area contributed by atoms with Crippen molar-refractivity contribution in [3.05, 3.63) is 108 Å². The molecule has 3 aromatic rings. The molecule has 0 aromatic heterocycles. The highest BCUT2D eigenvalue weighted by Crippen LogP contribution is 2.42. The predicted molar refractivity (Wildman–Crippen MR) is 108 cm³/mol. The zero-order chi connectivity index (χ0) is 17.8. The molecule has 1 atom stereocenters. The van der Waals surface area contributed by atoms with Crippen molar-refractivity contribution in [3.63, 3.8) is 0 Å². The van der Waals surface area contributed by atoms with Crippen LogP contribution in [-0.2, 0) is 5.54 Å². The molecule has 2 heteroatoms. The van der Waals surface area contributed by atoms with E-state index in [4.69, 9.17) is 0 Å². The zero-order valence-electron chi connectivity index (χ0n) is 15.3. The third kappa shape index (κ3) is 2.96. The molecule has 1 N–H and O–H groups in total. The summed E-state index contributed by atoms with van der Waals surface area (Å²) in [6, 6.07) is 33.3. The maximum atomic E-state index is 3.60. The highest BCUT2D eigenvalue weighted by Gasteiger charge is 2.43. The molecule has 0 bridgehead atoms. The number of hydrogen-bond acceptors (Lipinski definition) is 2. The molecule has 1 aliphatic heterocycles. The molecule has 0 saturated carbocycles. The lowest BCUT2D eigenvalue weighted by Gasteiger charge is -2.48. The third-order valence-corrected chi connectivity index (χ3v) is 5.42. The molecule has 132 valence electrons. The first-order valence-electron chi connectivity index (χ1n) is 9.47. The summed E-state index contributed by atoms with van der Waals surface area (Å²) >= 11 is 0. The van der Waals surface area contributed by atoms with Crippen LogP contribution in [0.3, 0.4) is 0 Å². The largest absolute Gasteiger partial charge is 0.312 e. The minimum absolute atomic E-state index is 0.278. The van der Waals surface area contributed by atoms with Gasteiger partial charge in [-0.3, -0.25) is 4.90 Å². The molecule has 0 amide bonds. The van der Waals surface area contributed by atoms with Gasteiger partial charge in [0, 0.05) is 25.7 Å². The van der Waals surface area contributed by atoms with Gasteiger partial charge in [-0.2, -0.15) is 0 Å². The highest BCUT2D eigenvalue weighted by molar-refractivity contribution is 5.49. The molecule has 0 aliphatic carbocycles. The SMILES string of the molecule is CC1CN(C(c2ccccc2)(c2ccccc2)c2ccccc2)CCN1. The van der Waals surface area contributed by atoms with E-state index in [1.807, 2.05) is 0 Å². The molecule has 1 unspecified atom stereocenters. The van der Waals surface area contributed by atoms with Crippen molar-refractivity contribution < 1.29 is 0 Å². The van der Waals surface area contributed by atoms with E-state index in [1.54, 1.807) is 0 Å². The van der Waals surface area contributed by atoms with E-state index < -0.39 is 0 Å². The molecule has 1 fully saturated rings. The van der Waals surface area contributed by atoms with E-state index in [-0.39, 0.29) is 5.54 Å². The minimum Gasteiger partial charge on any atom is -0.312 e. The molecule has 0 spiro atoms. The fraction of sp³-hybridized carbons (Fsp3) is 0.250. The summed E-state index contributed by atoms with van der Waals surface area (Å²) in [6.07, 6.45) is 0. The van der Waals surface area contributed by atoms with Gasteiger partial charge in [0.05, 0.1) is 5.54 Å². The Labute approximate surface area is 156 Å². The number of piperazine rings is 1. The van der Waals surface area contributed by atoms with Crippen molar-refractivity contribution in [2.75, 3.05) is 19.6 Å². The Kier molecular flexibility index (Phi) is 4.87. The Morgan fingerprint density at radius 1 is 0.731 bits per heavy atom. The Balaban J connectivity index is 2.00. The summed E-state index contributed by atoms with van der Waals surface area (Å²) in [7, 11) is 0. The van der Waals surface area contributed by atoms with Crippen LogP contribution < -0.4 is 5.32 Å². The van der Waals surface area contributed by atoms with E-state index in [2.05, 4.69) is 108 Å². The Hall–Kier alpha value is -2.42. The van der Waals surface area contributed by atoms with Crippen molar-refractivity contribution in [1.29, 1.82) is 0 Å². The van der Waals surface area contributed by atoms with Crippen LogP contribution in [0.1, 0.15) is 23.6 Å². The molecule has 1 aliphatic rings. The summed E-state index contributed by atoms with van der Waals surface area (Å²) in [6.45, 7) is 5.31. The number of rotatable bonds is 4. The van der Waals surface area contributed by atoms with Gasteiger partial charge in [-0.05, 0) is 23.6 Å². The predicted octanol–water partition coefficient (Wildman–Crippen LogP) is 4.27. The minimum atomic E-state index is -0.278. The monoisotopic (exact) mass is 342 g/mol. The van der Waals surface area contributed by atoms with Crippen molar-refractivity contribution >= 4 is 0 Å². The Bertz CT molecular complexity index is 718. The number of nitrogens with one attached hydrogen (secondary N) is 1. The van der Waals surface area contributed by atoms with Crippen molar-refractivity contribution in [2.45, 2.75) is 18.5 Å². The van der Waals surface area contributed by atoms with Gasteiger partial charge in [0.2, 0.25) is 0 Å². The normalized spacial score (nSPS) is 18.6. The highest BCUT2D eigenvalue weighted by atomic mass is 15.3. The van der Waals surface area contributed by atoms with Crippen LogP contribution in [0.5, 0.6) is 0 Å². The lowest BCUT2D eigenvalue weighted by Crippen LogP contribution is -2.58. The van der Waals surface area contributed by atoms with Crippen molar-refractivity contribution in [1.82, 2.24) is 10.2 Å². The first kappa shape index (κ1) is 17.0. The second-order valence-electron chi connectivity index (χ2n) is 7.11. The van der Waals surface area contributed by atoms with E-state index in [0.717, 1.165) is 19.6 Å². The summed E-state index contributed by atoms with van der Waals surface area (Å²) in [5.74, 6) is 0. The van der Waals surface area contributed by atoms with Gasteiger partial charge in [-0.15, -0.1) is 0 Å². The topological polar surface area (TPSA) is 15.3 Å². The van der Waals surface area contributed by atoms with Crippen molar-refractivity contribution in [2.24, 2.45) is 0 Å². The number of nitrogens with zero attached hydrogens (tertiary/aromatic N) is 1. The average molecular weight is 342 g/mol. The summed E-state index contributed by atoms with van der Waals surface area (Å²) in [4.78, 5) is 2.65. The van der Waals surface area contributed by atoms with Crippen LogP contribution in [0.15, 0.2) is 91.0 Å². The molecule has 26 heavy (non-hydrogen) atoms. The van der Waals surface area contributed by atoms with Gasteiger partial charge in [-0.1, -0.05) is 91.0 Å². The first-order chi connectivity index (χ1) is 12.8. The van der Waals surface area contributed by atoms with Gasteiger partial charge in [0.15, 0.2) is 0 Å². The smallest absolute Gasteiger partial charge is 0.0973 e. The molecule has 3 aromatic carbocycles. The van der Waals surface area contributed by atoms with E-state index >= 15 is 0 Å². The average Bonchev–Trinajstić information content (AvgIpc) is 2.71. The zero-order valence-corrected chi connectivity index (χ0v) is 15.3. The van der Waals surface area contributed by atoms with Crippen LogP contribution in [0.2, 0.25) is 0 Å². The van der Waals surface area contributed by atoms with Gasteiger partial charge in [-0.25, -0.2) is 0 Å². The van der Waals surface area contributed by atoms with Crippen LogP contribution in [0.25, 0.3) is 0 Å². The van der Waals surface area contributed by atoms with Crippen LogP contribution in [-0.4, -0.2) is 30.6 Å². The van der Waals surface area contributed by atoms with E-state index in [0.29, 0.717) is 6.04 Å². The lowest BCUT2D eigenvalue weighted by atomic mass is 9.75. The maximum Gasteiger partial charge on any atom is 0.0973 e. The molecule has 4 rings (SSSR count). The second kappa shape index (κ2) is 7.45. The first-order valence-corrected chi connectivity index (χ1v) is 9.47. The standard InChI is InChI=1S/C24H26N2/c1-20-19-26(18-17-25-20)24(21-11-5-2-6-12-21,22-13-7-3-8-14-22)23-15-9-4-10-16-23/h2-16,20,25H,17-19H2,1H3. The number of hydrogen-bond donors (Lipinski definition) is 1. The summed E-state index contributed by atoms with van der Waals surface area (Å²) in [5.41, 5.74) is 3.70. The van der Waals surface area contributed by atoms with E-state index in [1.165, 1.54) is 16.7 Å². The van der Waals surface area contributed by atoms with Gasteiger partial charge in [0.25, 0.3) is 0 Å². The van der Waals surface area contributed by atoms with Crippen LogP contribution in [0, 0.1) is 0 Å². The van der Waals surface area contributed by atoms with Gasteiger partial charge in [0.1, 0.15) is 0 Å². The quantitative estimate of drug-likeness (QED) is 0.712. The lowest BCUT2D eigenvalue weighted by molar-refractivity contribution is 0.115. The number of benzene rings is 3. The molecule has 0 radical (unpaired) electrons. The molecular weight excluding hydrogens is 316 g/mol. The van der Waals surface area contributed by atoms with Gasteiger partial charge < -0.3 is 5.32 Å². The van der Waals surface area contributed by atoms with Gasteiger partial charge >= 0.3 is 0 Å². The van der Waals surface area contributed by atoms with Crippen LogP contribution >= 0.6 is 0 Å². The fourth-order valence-corrected chi connectivity index (χ4v) is 4.32. The second-order valence-corrected chi connectivity index (χ2v) is 7.11. The summed E-state index contributed by atoms with van der Waals surface area (Å²) < 4.78 is 0.